The highest BCUT2D eigenvalue weighted by Crippen LogP contribution is 2.26. The van der Waals surface area contributed by atoms with Gasteiger partial charge in [-0.15, -0.1) is 0 Å². The van der Waals surface area contributed by atoms with Gasteiger partial charge < -0.3 is 10.6 Å². The predicted molar refractivity (Wildman–Crippen MR) is 62.1 cm³/mol. The highest BCUT2D eigenvalue weighted by molar-refractivity contribution is 5.91. The van der Waals surface area contributed by atoms with E-state index in [2.05, 4.69) is 0 Å². The Bertz CT molecular complexity index is 531. The van der Waals surface area contributed by atoms with E-state index in [1.165, 1.54) is 0 Å². The maximum atomic E-state index is 11.2. The van der Waals surface area contributed by atoms with Gasteiger partial charge in [-0.05, 0) is 18.6 Å². The fraction of sp³-hybridized carbons (Fsp3) is 0.250. The van der Waals surface area contributed by atoms with E-state index >= 15 is 0 Å². The lowest BCUT2D eigenvalue weighted by Gasteiger charge is -2.04. The predicted octanol–water partition coefficient (Wildman–Crippen LogP) is 1.29. The molecule has 1 unspecified atom stereocenters. The first-order valence-corrected chi connectivity index (χ1v) is 5.09. The summed E-state index contributed by atoms with van der Waals surface area (Å²) >= 11 is 0. The molecule has 4 nitrogen and oxygen atoms in total. The molecule has 84 valence electrons. The van der Waals surface area contributed by atoms with Crippen molar-refractivity contribution < 1.29 is 9.63 Å². The third-order valence-electron chi connectivity index (χ3n) is 2.80. The highest BCUT2D eigenvalue weighted by Gasteiger charge is 2.18. The van der Waals surface area contributed by atoms with Crippen LogP contribution >= 0.6 is 0 Å². The Morgan fingerprint density at radius 3 is 2.75 bits per heavy atom. The minimum Gasteiger partial charge on any atom is -0.417 e. The van der Waals surface area contributed by atoms with Crippen LogP contribution in [-0.4, -0.2) is 17.7 Å². The third kappa shape index (κ3) is 1.52. The first-order chi connectivity index (χ1) is 7.65. The number of nitrogens with two attached hydrogens (primary N) is 1. The van der Waals surface area contributed by atoms with Gasteiger partial charge in [0.25, 0.3) is 0 Å². The molecular weight excluding hydrogens is 204 g/mol. The number of carbonyl (C=O) groups excluding carboxylic acids is 1. The number of amides is 1. The quantitative estimate of drug-likeness (QED) is 0.843. The van der Waals surface area contributed by atoms with Gasteiger partial charge >= 0.3 is 0 Å². The molecule has 16 heavy (non-hydrogen) atoms. The van der Waals surface area contributed by atoms with Crippen molar-refractivity contribution in [2.45, 2.75) is 12.8 Å². The molecule has 0 saturated heterocycles. The summed E-state index contributed by atoms with van der Waals surface area (Å²) < 4.78 is 1.64. The van der Waals surface area contributed by atoms with E-state index in [0.29, 0.717) is 0 Å². The second kappa shape index (κ2) is 3.89. The zero-order chi connectivity index (χ0) is 11.7. The second-order valence-corrected chi connectivity index (χ2v) is 3.73. The van der Waals surface area contributed by atoms with E-state index in [9.17, 15) is 4.79 Å². The molecule has 0 radical (unpaired) electrons. The van der Waals surface area contributed by atoms with Crippen LogP contribution < -0.4 is 10.6 Å². The van der Waals surface area contributed by atoms with Crippen molar-refractivity contribution in [3.05, 3.63) is 36.0 Å². The fourth-order valence-electron chi connectivity index (χ4n) is 1.82. The van der Waals surface area contributed by atoms with Gasteiger partial charge in [-0.3, -0.25) is 4.79 Å². The van der Waals surface area contributed by atoms with Crippen LogP contribution in [0.15, 0.2) is 30.5 Å². The van der Waals surface area contributed by atoms with Crippen LogP contribution in [0, 0.1) is 0 Å². The Morgan fingerprint density at radius 1 is 1.44 bits per heavy atom. The van der Waals surface area contributed by atoms with Gasteiger partial charge in [-0.2, -0.15) is 4.73 Å². The lowest BCUT2D eigenvalue weighted by molar-refractivity contribution is -0.119. The van der Waals surface area contributed by atoms with Gasteiger partial charge in [-0.1, -0.05) is 18.2 Å². The van der Waals surface area contributed by atoms with Crippen molar-refractivity contribution in [3.63, 3.8) is 0 Å². The monoisotopic (exact) mass is 218 g/mol. The minimum atomic E-state index is -0.334. The van der Waals surface area contributed by atoms with Crippen molar-refractivity contribution in [3.8, 4) is 0 Å². The Hall–Kier alpha value is -1.97. The number of carbonyl (C=O) groups is 1. The average molecular weight is 218 g/mol. The van der Waals surface area contributed by atoms with Crippen LogP contribution in [0.2, 0.25) is 0 Å². The fourth-order valence-corrected chi connectivity index (χ4v) is 1.82. The Morgan fingerprint density at radius 2 is 2.12 bits per heavy atom. The van der Waals surface area contributed by atoms with E-state index in [0.717, 1.165) is 16.5 Å². The molecule has 0 fully saturated rings. The van der Waals surface area contributed by atoms with E-state index in [1.807, 2.05) is 24.3 Å². The molecule has 4 heteroatoms. The number of hydrogen-bond acceptors (Lipinski definition) is 2. The third-order valence-corrected chi connectivity index (χ3v) is 2.80. The normalized spacial score (nSPS) is 12.6. The van der Waals surface area contributed by atoms with Gasteiger partial charge in [0, 0.05) is 11.6 Å². The molecule has 1 aromatic heterocycles. The first kappa shape index (κ1) is 10.5. The maximum absolute atomic E-state index is 11.2. The highest BCUT2D eigenvalue weighted by atomic mass is 16.6. The molecule has 1 heterocycles. The van der Waals surface area contributed by atoms with Crippen LogP contribution in [0.4, 0.5) is 0 Å². The van der Waals surface area contributed by atoms with E-state index in [1.54, 1.807) is 25.0 Å². The lowest BCUT2D eigenvalue weighted by Crippen LogP contribution is -2.18. The lowest BCUT2D eigenvalue weighted by atomic mass is 10.0. The van der Waals surface area contributed by atoms with E-state index in [-0.39, 0.29) is 11.8 Å². The number of fused-ring (bicyclic) bond motifs is 1. The number of aromatic nitrogens is 1. The van der Waals surface area contributed by atoms with Crippen LogP contribution in [0.3, 0.4) is 0 Å². The molecule has 2 aromatic rings. The first-order valence-electron chi connectivity index (χ1n) is 5.09. The van der Waals surface area contributed by atoms with Gasteiger partial charge in [0.05, 0.1) is 11.4 Å². The SMILES string of the molecule is COn1cc(C(C)C(N)=O)c2ccccc21. The number of nitrogens with zero attached hydrogens (tertiary/aromatic N) is 1. The molecule has 1 amide bonds. The molecule has 1 aromatic carbocycles. The second-order valence-electron chi connectivity index (χ2n) is 3.73. The zero-order valence-corrected chi connectivity index (χ0v) is 9.31. The van der Waals surface area contributed by atoms with Crippen molar-refractivity contribution in [2.75, 3.05) is 7.11 Å². The summed E-state index contributed by atoms with van der Waals surface area (Å²) in [5, 5.41) is 0.996. The smallest absolute Gasteiger partial charge is 0.224 e. The standard InChI is InChI=1S/C12H14N2O2/c1-8(12(13)15)10-7-14(16-2)11-6-4-3-5-9(10)11/h3-8H,1-2H3,(H2,13,15). The zero-order valence-electron chi connectivity index (χ0n) is 9.31. The van der Waals surface area contributed by atoms with Crippen molar-refractivity contribution >= 4 is 16.8 Å². The summed E-state index contributed by atoms with van der Waals surface area (Å²) in [7, 11) is 1.59. The molecule has 0 aliphatic heterocycles. The number of primary amides is 1. The van der Waals surface area contributed by atoms with Gasteiger partial charge in [0.15, 0.2) is 0 Å². The average Bonchev–Trinajstić information content (AvgIpc) is 2.66. The maximum Gasteiger partial charge on any atom is 0.224 e. The van der Waals surface area contributed by atoms with E-state index < -0.39 is 0 Å². The Balaban J connectivity index is 2.66. The van der Waals surface area contributed by atoms with Gasteiger partial charge in [0.1, 0.15) is 7.11 Å². The molecule has 0 bridgehead atoms. The van der Waals surface area contributed by atoms with Crippen LogP contribution in [0.25, 0.3) is 10.9 Å². The summed E-state index contributed by atoms with van der Waals surface area (Å²) in [6, 6.07) is 7.76. The molecule has 0 spiro atoms. The van der Waals surface area contributed by atoms with E-state index in [4.69, 9.17) is 10.6 Å². The number of benzene rings is 1. The molecule has 2 rings (SSSR count). The van der Waals surface area contributed by atoms with Crippen molar-refractivity contribution in [1.29, 1.82) is 0 Å². The topological polar surface area (TPSA) is 57.2 Å². The molecule has 0 aliphatic carbocycles. The summed E-state index contributed by atoms with van der Waals surface area (Å²) in [5.74, 6) is -0.652. The molecule has 0 aliphatic rings. The van der Waals surface area contributed by atoms with Crippen molar-refractivity contribution in [2.24, 2.45) is 5.73 Å². The number of rotatable bonds is 3. The molecular formula is C12H14N2O2. The molecule has 1 atom stereocenters. The summed E-state index contributed by atoms with van der Waals surface area (Å²) in [4.78, 5) is 16.4. The van der Waals surface area contributed by atoms with Crippen LogP contribution in [0.5, 0.6) is 0 Å². The summed E-state index contributed by atoms with van der Waals surface area (Å²) in [6.45, 7) is 1.80. The molecule has 0 saturated carbocycles. The Labute approximate surface area is 93.6 Å². The summed E-state index contributed by atoms with van der Waals surface area (Å²) in [6.07, 6.45) is 1.81. The summed E-state index contributed by atoms with van der Waals surface area (Å²) in [5.41, 5.74) is 7.15. The number of para-hydroxylation sites is 1. The Kier molecular flexibility index (Phi) is 2.56. The van der Waals surface area contributed by atoms with Crippen LogP contribution in [0.1, 0.15) is 18.4 Å². The minimum absolute atomic E-state index is 0.318. The van der Waals surface area contributed by atoms with Crippen LogP contribution in [-0.2, 0) is 4.79 Å². The largest absolute Gasteiger partial charge is 0.417 e. The molecule has 2 N–H and O–H groups in total. The number of hydrogen-bond donors (Lipinski definition) is 1. The van der Waals surface area contributed by atoms with Gasteiger partial charge in [-0.25, -0.2) is 0 Å². The van der Waals surface area contributed by atoms with Gasteiger partial charge in [0.2, 0.25) is 5.91 Å². The van der Waals surface area contributed by atoms with Crippen molar-refractivity contribution in [1.82, 2.24) is 4.73 Å².